The number of carbonyl (C=O) groups is 1. The largest absolute Gasteiger partial charge is 0.456 e. The average Bonchev–Trinajstić information content (AvgIpc) is 2.59. The predicted molar refractivity (Wildman–Crippen MR) is 97.2 cm³/mol. The number of aromatic nitrogens is 1. The van der Waals surface area contributed by atoms with E-state index < -0.39 is 22.1 Å². The van der Waals surface area contributed by atoms with Crippen LogP contribution in [0.1, 0.15) is 41.2 Å². The first-order chi connectivity index (χ1) is 12.3. The molecule has 0 N–H and O–H groups in total. The number of pyridine rings is 1. The van der Waals surface area contributed by atoms with Crippen LogP contribution in [0.4, 0.5) is 0 Å². The number of hydrogen-bond acceptors (Lipinski definition) is 6. The summed E-state index contributed by atoms with van der Waals surface area (Å²) in [6, 6.07) is 7.24. The second kappa shape index (κ2) is 7.01. The highest BCUT2D eigenvalue weighted by atomic mass is 32.2. The van der Waals surface area contributed by atoms with Crippen molar-refractivity contribution in [3.63, 3.8) is 0 Å². The fourth-order valence-corrected chi connectivity index (χ4v) is 3.62. The summed E-state index contributed by atoms with van der Waals surface area (Å²) in [5, 5.41) is 0. The Kier molecular flexibility index (Phi) is 4.93. The van der Waals surface area contributed by atoms with E-state index >= 15 is 0 Å². The molecule has 2 heterocycles. The van der Waals surface area contributed by atoms with E-state index in [0.717, 1.165) is 23.7 Å². The molecule has 2 unspecified atom stereocenters. The van der Waals surface area contributed by atoms with Crippen LogP contribution in [-0.2, 0) is 19.1 Å². The first kappa shape index (κ1) is 18.3. The van der Waals surface area contributed by atoms with Crippen LogP contribution >= 0.6 is 0 Å². The van der Waals surface area contributed by atoms with E-state index in [0.29, 0.717) is 22.6 Å². The Labute approximate surface area is 152 Å². The number of hydrogen-bond donors (Lipinski definition) is 0. The zero-order valence-corrected chi connectivity index (χ0v) is 15.5. The summed E-state index contributed by atoms with van der Waals surface area (Å²) in [5.74, 6) is 0.484. The molecule has 0 saturated carbocycles. The van der Waals surface area contributed by atoms with Crippen LogP contribution in [-0.4, -0.2) is 25.9 Å². The zero-order valence-electron chi connectivity index (χ0n) is 14.7. The Bertz CT molecular complexity index is 967. The van der Waals surface area contributed by atoms with Crippen LogP contribution in [0.25, 0.3) is 5.76 Å². The summed E-state index contributed by atoms with van der Waals surface area (Å²) in [7, 11) is -3.64. The molecule has 136 valence electrons. The Hall–Kier alpha value is -2.51. The van der Waals surface area contributed by atoms with Crippen molar-refractivity contribution in [2.75, 3.05) is 6.26 Å². The minimum absolute atomic E-state index is 0.457. The van der Waals surface area contributed by atoms with Crippen molar-refractivity contribution in [3.8, 4) is 5.75 Å². The third kappa shape index (κ3) is 3.84. The van der Waals surface area contributed by atoms with Crippen molar-refractivity contribution in [2.45, 2.75) is 25.9 Å². The van der Waals surface area contributed by atoms with Crippen molar-refractivity contribution < 1.29 is 22.1 Å². The predicted octanol–water partition coefficient (Wildman–Crippen LogP) is 3.14. The molecule has 3 rings (SSSR count). The van der Waals surface area contributed by atoms with Gasteiger partial charge in [0.1, 0.15) is 23.9 Å². The first-order valence-corrected chi connectivity index (χ1v) is 9.88. The van der Waals surface area contributed by atoms with Gasteiger partial charge in [0.15, 0.2) is 0 Å². The minimum atomic E-state index is -3.64. The Morgan fingerprint density at radius 3 is 2.58 bits per heavy atom. The lowest BCUT2D eigenvalue weighted by atomic mass is 9.90. The summed E-state index contributed by atoms with van der Waals surface area (Å²) in [6.07, 6.45) is 6.11. The molecule has 0 bridgehead atoms. The van der Waals surface area contributed by atoms with Crippen molar-refractivity contribution in [3.05, 3.63) is 65.0 Å². The number of carbonyl (C=O) groups excluding carboxylic acids is 1. The fourth-order valence-electron chi connectivity index (χ4n) is 2.99. The lowest BCUT2D eigenvalue weighted by Gasteiger charge is -2.27. The van der Waals surface area contributed by atoms with Crippen LogP contribution < -0.4 is 4.74 Å². The molecule has 0 aliphatic carbocycles. The van der Waals surface area contributed by atoms with Gasteiger partial charge in [-0.3, -0.25) is 9.17 Å². The molecule has 6 nitrogen and oxygen atoms in total. The quantitative estimate of drug-likeness (QED) is 0.591. The molecule has 7 heteroatoms. The van der Waals surface area contributed by atoms with Crippen LogP contribution in [0.2, 0.25) is 0 Å². The lowest BCUT2D eigenvalue weighted by molar-refractivity contribution is -0.108. The molecule has 2 aromatic rings. The van der Waals surface area contributed by atoms with Crippen LogP contribution in [0, 0.1) is 6.92 Å². The monoisotopic (exact) mass is 373 g/mol. The van der Waals surface area contributed by atoms with Gasteiger partial charge < -0.3 is 9.53 Å². The van der Waals surface area contributed by atoms with E-state index in [-0.39, 0.29) is 0 Å². The van der Waals surface area contributed by atoms with Gasteiger partial charge in [0.2, 0.25) is 0 Å². The maximum Gasteiger partial charge on any atom is 0.264 e. The second-order valence-corrected chi connectivity index (χ2v) is 7.85. The summed E-state index contributed by atoms with van der Waals surface area (Å²) < 4.78 is 34.3. The van der Waals surface area contributed by atoms with Gasteiger partial charge in [-0.05, 0) is 38.1 Å². The number of fused-ring (bicyclic) bond motifs is 1. The van der Waals surface area contributed by atoms with E-state index in [1.165, 1.54) is 0 Å². The number of nitrogens with zero attached hydrogens (tertiary/aromatic N) is 1. The maximum absolute atomic E-state index is 11.7. The van der Waals surface area contributed by atoms with Gasteiger partial charge in [-0.2, -0.15) is 8.42 Å². The molecule has 1 aromatic heterocycles. The van der Waals surface area contributed by atoms with Gasteiger partial charge in [0.05, 0.1) is 12.2 Å². The molecule has 1 aromatic carbocycles. The average molecular weight is 373 g/mol. The molecule has 0 radical (unpaired) electrons. The fraction of sp³-hybridized carbons (Fsp3) is 0.263. The summed E-state index contributed by atoms with van der Waals surface area (Å²) in [4.78, 5) is 15.7. The van der Waals surface area contributed by atoms with Gasteiger partial charge in [-0.25, -0.2) is 0 Å². The zero-order chi connectivity index (χ0) is 18.9. The number of rotatable bonds is 5. The number of benzene rings is 1. The van der Waals surface area contributed by atoms with Gasteiger partial charge in [0.25, 0.3) is 10.1 Å². The number of allylic oxidation sites excluding steroid dienone is 1. The third-order valence-electron chi connectivity index (χ3n) is 4.06. The highest BCUT2D eigenvalue weighted by molar-refractivity contribution is 7.86. The summed E-state index contributed by atoms with van der Waals surface area (Å²) >= 11 is 0. The normalized spacial score (nSPS) is 17.7. The van der Waals surface area contributed by atoms with E-state index in [1.54, 1.807) is 37.5 Å². The summed E-state index contributed by atoms with van der Waals surface area (Å²) in [5.41, 5.74) is 2.94. The molecule has 0 fully saturated rings. The minimum Gasteiger partial charge on any atom is -0.456 e. The van der Waals surface area contributed by atoms with Gasteiger partial charge >= 0.3 is 0 Å². The topological polar surface area (TPSA) is 82.6 Å². The molecular formula is C19H19NO5S. The van der Waals surface area contributed by atoms with Gasteiger partial charge in [-0.15, -0.1) is 0 Å². The first-order valence-electron chi connectivity index (χ1n) is 8.06. The standard InChI is InChI=1S/C19H19NO5S/c1-12-8-16(13(2)25-26(3,22)23)19-17(9-12)15(11-21)10-18(24-19)14-4-6-20-7-5-14/h4-11,13,15H,1-3H3. The van der Waals surface area contributed by atoms with E-state index in [4.69, 9.17) is 8.92 Å². The lowest BCUT2D eigenvalue weighted by Crippen LogP contribution is -2.15. The molecule has 26 heavy (non-hydrogen) atoms. The Morgan fingerprint density at radius 2 is 1.96 bits per heavy atom. The molecule has 1 aliphatic rings. The van der Waals surface area contributed by atoms with Crippen molar-refractivity contribution in [2.24, 2.45) is 0 Å². The molecule has 0 amide bonds. The molecule has 1 aliphatic heterocycles. The number of aldehydes is 1. The highest BCUT2D eigenvalue weighted by Gasteiger charge is 2.28. The number of aryl methyl sites for hydroxylation is 1. The molecule has 2 atom stereocenters. The summed E-state index contributed by atoms with van der Waals surface area (Å²) in [6.45, 7) is 3.51. The van der Waals surface area contributed by atoms with E-state index in [2.05, 4.69) is 4.98 Å². The third-order valence-corrected chi connectivity index (χ3v) is 4.70. The van der Waals surface area contributed by atoms with Crippen molar-refractivity contribution in [1.29, 1.82) is 0 Å². The van der Waals surface area contributed by atoms with Gasteiger partial charge in [0, 0.05) is 29.1 Å². The molecule has 0 saturated heterocycles. The van der Waals surface area contributed by atoms with Gasteiger partial charge in [-0.1, -0.05) is 11.6 Å². The molecular weight excluding hydrogens is 354 g/mol. The van der Waals surface area contributed by atoms with E-state index in [9.17, 15) is 13.2 Å². The SMILES string of the molecule is Cc1cc2c(c(C(C)OS(C)(=O)=O)c1)OC(c1ccncc1)=CC2C=O. The Morgan fingerprint density at radius 1 is 1.27 bits per heavy atom. The number of ether oxygens (including phenoxy) is 1. The van der Waals surface area contributed by atoms with Crippen LogP contribution in [0.5, 0.6) is 5.75 Å². The van der Waals surface area contributed by atoms with E-state index in [1.807, 2.05) is 19.1 Å². The van der Waals surface area contributed by atoms with Crippen LogP contribution in [0.3, 0.4) is 0 Å². The molecule has 0 spiro atoms. The second-order valence-electron chi connectivity index (χ2n) is 6.25. The maximum atomic E-state index is 11.7. The smallest absolute Gasteiger partial charge is 0.264 e. The van der Waals surface area contributed by atoms with Crippen molar-refractivity contribution >= 4 is 22.2 Å². The Balaban J connectivity index is 2.11. The van der Waals surface area contributed by atoms with Crippen molar-refractivity contribution in [1.82, 2.24) is 4.98 Å². The van der Waals surface area contributed by atoms with Crippen LogP contribution in [0.15, 0.2) is 42.7 Å². The highest BCUT2D eigenvalue weighted by Crippen LogP contribution is 2.42.